The summed E-state index contributed by atoms with van der Waals surface area (Å²) in [6.07, 6.45) is 4.23. The molecule has 0 saturated carbocycles. The highest BCUT2D eigenvalue weighted by atomic mass is 15.2. The molecule has 0 radical (unpaired) electrons. The summed E-state index contributed by atoms with van der Waals surface area (Å²) >= 11 is 0. The zero-order chi connectivity index (χ0) is 9.26. The molecular weight excluding hydrogens is 160 g/mol. The van der Waals surface area contributed by atoms with Gasteiger partial charge >= 0.3 is 0 Å². The van der Waals surface area contributed by atoms with Crippen molar-refractivity contribution in [3.63, 3.8) is 0 Å². The van der Waals surface area contributed by atoms with E-state index in [1.807, 2.05) is 0 Å². The maximum atomic E-state index is 2.71. The Bertz CT molecular complexity index is 161. The van der Waals surface area contributed by atoms with Gasteiger partial charge in [-0.3, -0.25) is 4.90 Å². The van der Waals surface area contributed by atoms with Crippen molar-refractivity contribution in [2.24, 2.45) is 5.92 Å². The minimum absolute atomic E-state index is 0.873. The van der Waals surface area contributed by atoms with Gasteiger partial charge in [0.15, 0.2) is 0 Å². The van der Waals surface area contributed by atoms with Gasteiger partial charge in [0.1, 0.15) is 0 Å². The molecule has 2 rings (SSSR count). The molecule has 0 aromatic rings. The zero-order valence-corrected chi connectivity index (χ0v) is 9.00. The number of hydrogen-bond acceptors (Lipinski definition) is 2. The van der Waals surface area contributed by atoms with Gasteiger partial charge in [-0.05, 0) is 51.9 Å². The van der Waals surface area contributed by atoms with Crippen molar-refractivity contribution < 1.29 is 0 Å². The molecule has 2 aliphatic rings. The number of hydrogen-bond donors (Lipinski definition) is 0. The molecule has 0 aromatic carbocycles. The van der Waals surface area contributed by atoms with Gasteiger partial charge in [0.25, 0.3) is 0 Å². The third kappa shape index (κ3) is 2.23. The summed E-state index contributed by atoms with van der Waals surface area (Å²) in [7, 11) is 2.24. The number of likely N-dealkylation sites (N-methyl/N-ethyl adjacent to an activating group) is 1. The van der Waals surface area contributed by atoms with E-state index in [-0.39, 0.29) is 0 Å². The standard InChI is InChI=1S/C11H22N2/c1-10-3-7-13(8-4-10)11-5-6-12(2)9-11/h10-11H,3-9H2,1-2H3/t11-/m1/s1. The summed E-state index contributed by atoms with van der Waals surface area (Å²) in [6.45, 7) is 7.68. The molecule has 1 atom stereocenters. The van der Waals surface area contributed by atoms with Crippen LogP contribution in [0.1, 0.15) is 26.2 Å². The summed E-state index contributed by atoms with van der Waals surface area (Å²) in [6, 6.07) is 0.873. The van der Waals surface area contributed by atoms with E-state index in [0.29, 0.717) is 0 Å². The largest absolute Gasteiger partial charge is 0.305 e. The quantitative estimate of drug-likeness (QED) is 0.605. The molecule has 2 nitrogen and oxygen atoms in total. The molecule has 0 aromatic heterocycles. The summed E-state index contributed by atoms with van der Waals surface area (Å²) in [5, 5.41) is 0. The van der Waals surface area contributed by atoms with Crippen molar-refractivity contribution in [1.29, 1.82) is 0 Å². The van der Waals surface area contributed by atoms with Crippen LogP contribution in [0.5, 0.6) is 0 Å². The number of likely N-dealkylation sites (tertiary alicyclic amines) is 2. The predicted molar refractivity (Wildman–Crippen MR) is 55.9 cm³/mol. The molecule has 2 aliphatic heterocycles. The third-order valence-corrected chi connectivity index (χ3v) is 3.70. The predicted octanol–water partition coefficient (Wildman–Crippen LogP) is 1.42. The van der Waals surface area contributed by atoms with Crippen LogP contribution in [-0.2, 0) is 0 Å². The first kappa shape index (κ1) is 9.47. The van der Waals surface area contributed by atoms with Crippen LogP contribution in [0.4, 0.5) is 0 Å². The van der Waals surface area contributed by atoms with E-state index in [9.17, 15) is 0 Å². The molecule has 0 spiro atoms. The van der Waals surface area contributed by atoms with Gasteiger partial charge in [-0.2, -0.15) is 0 Å². The van der Waals surface area contributed by atoms with Gasteiger partial charge in [0.2, 0.25) is 0 Å². The van der Waals surface area contributed by atoms with Crippen molar-refractivity contribution in [3.8, 4) is 0 Å². The Balaban J connectivity index is 1.81. The first-order valence-corrected chi connectivity index (χ1v) is 5.68. The van der Waals surface area contributed by atoms with Gasteiger partial charge in [-0.25, -0.2) is 0 Å². The maximum Gasteiger partial charge on any atom is 0.0235 e. The van der Waals surface area contributed by atoms with E-state index in [1.165, 1.54) is 45.4 Å². The first-order chi connectivity index (χ1) is 6.25. The number of piperidine rings is 1. The maximum absolute atomic E-state index is 2.71. The van der Waals surface area contributed by atoms with Crippen LogP contribution < -0.4 is 0 Å². The molecule has 2 fully saturated rings. The fraction of sp³-hybridized carbons (Fsp3) is 1.00. The SMILES string of the molecule is CC1CCN([C@@H]2CCN(C)C2)CC1. The molecular formula is C11H22N2. The normalized spacial score (nSPS) is 34.2. The fourth-order valence-corrected chi connectivity index (χ4v) is 2.60. The highest BCUT2D eigenvalue weighted by molar-refractivity contribution is 4.84. The van der Waals surface area contributed by atoms with Crippen LogP contribution in [0.25, 0.3) is 0 Å². The van der Waals surface area contributed by atoms with E-state index in [4.69, 9.17) is 0 Å². The third-order valence-electron chi connectivity index (χ3n) is 3.70. The lowest BCUT2D eigenvalue weighted by atomic mass is 9.98. The van der Waals surface area contributed by atoms with Crippen LogP contribution >= 0.6 is 0 Å². The second kappa shape index (κ2) is 3.97. The van der Waals surface area contributed by atoms with Crippen molar-refractivity contribution in [3.05, 3.63) is 0 Å². The van der Waals surface area contributed by atoms with Gasteiger partial charge in [0, 0.05) is 12.6 Å². The first-order valence-electron chi connectivity index (χ1n) is 5.68. The Labute approximate surface area is 81.9 Å². The Morgan fingerprint density at radius 3 is 2.23 bits per heavy atom. The van der Waals surface area contributed by atoms with Gasteiger partial charge in [-0.1, -0.05) is 6.92 Å². The van der Waals surface area contributed by atoms with Crippen molar-refractivity contribution in [2.45, 2.75) is 32.2 Å². The van der Waals surface area contributed by atoms with Gasteiger partial charge in [0.05, 0.1) is 0 Å². The minimum atomic E-state index is 0.873. The van der Waals surface area contributed by atoms with Crippen molar-refractivity contribution in [1.82, 2.24) is 9.80 Å². The number of nitrogens with zero attached hydrogens (tertiary/aromatic N) is 2. The van der Waals surface area contributed by atoms with E-state index in [1.54, 1.807) is 0 Å². The van der Waals surface area contributed by atoms with E-state index < -0.39 is 0 Å². The molecule has 0 unspecified atom stereocenters. The Morgan fingerprint density at radius 1 is 1.00 bits per heavy atom. The van der Waals surface area contributed by atoms with E-state index in [0.717, 1.165) is 12.0 Å². The summed E-state index contributed by atoms with van der Waals surface area (Å²) in [5.41, 5.74) is 0. The Kier molecular flexibility index (Phi) is 2.89. The molecule has 76 valence electrons. The second-order valence-electron chi connectivity index (χ2n) is 4.92. The van der Waals surface area contributed by atoms with E-state index >= 15 is 0 Å². The smallest absolute Gasteiger partial charge is 0.0235 e. The molecule has 2 heterocycles. The second-order valence-corrected chi connectivity index (χ2v) is 4.92. The molecule has 0 bridgehead atoms. The lowest BCUT2D eigenvalue weighted by Gasteiger charge is -2.34. The van der Waals surface area contributed by atoms with Crippen LogP contribution in [-0.4, -0.2) is 49.1 Å². The summed E-state index contributed by atoms with van der Waals surface area (Å²) < 4.78 is 0. The molecule has 0 aliphatic carbocycles. The lowest BCUT2D eigenvalue weighted by Crippen LogP contribution is -2.42. The van der Waals surface area contributed by atoms with Gasteiger partial charge < -0.3 is 4.90 Å². The van der Waals surface area contributed by atoms with Crippen LogP contribution in [0.2, 0.25) is 0 Å². The average molecular weight is 182 g/mol. The monoisotopic (exact) mass is 182 g/mol. The molecule has 13 heavy (non-hydrogen) atoms. The fourth-order valence-electron chi connectivity index (χ4n) is 2.60. The van der Waals surface area contributed by atoms with Crippen LogP contribution in [0.15, 0.2) is 0 Å². The lowest BCUT2D eigenvalue weighted by molar-refractivity contribution is 0.140. The molecule has 0 amide bonds. The number of rotatable bonds is 1. The molecule has 2 heteroatoms. The van der Waals surface area contributed by atoms with Crippen LogP contribution in [0, 0.1) is 5.92 Å². The topological polar surface area (TPSA) is 6.48 Å². The Hall–Kier alpha value is -0.0800. The average Bonchev–Trinajstić information content (AvgIpc) is 2.53. The molecule has 0 N–H and O–H groups in total. The van der Waals surface area contributed by atoms with Gasteiger partial charge in [-0.15, -0.1) is 0 Å². The van der Waals surface area contributed by atoms with Crippen LogP contribution in [0.3, 0.4) is 0 Å². The zero-order valence-electron chi connectivity index (χ0n) is 9.00. The molecule has 2 saturated heterocycles. The highest BCUT2D eigenvalue weighted by Crippen LogP contribution is 2.22. The van der Waals surface area contributed by atoms with Crippen molar-refractivity contribution >= 4 is 0 Å². The van der Waals surface area contributed by atoms with Crippen molar-refractivity contribution in [2.75, 3.05) is 33.2 Å². The summed E-state index contributed by atoms with van der Waals surface area (Å²) in [4.78, 5) is 5.17. The summed E-state index contributed by atoms with van der Waals surface area (Å²) in [5.74, 6) is 0.968. The Morgan fingerprint density at radius 2 is 1.69 bits per heavy atom. The minimum Gasteiger partial charge on any atom is -0.305 e. The van der Waals surface area contributed by atoms with E-state index in [2.05, 4.69) is 23.8 Å². The highest BCUT2D eigenvalue weighted by Gasteiger charge is 2.27.